The monoisotopic (exact) mass is 334 g/mol. The van der Waals surface area contributed by atoms with Crippen LogP contribution in [0, 0.1) is 0 Å². The number of ether oxygens (including phenoxy) is 3. The van der Waals surface area contributed by atoms with E-state index in [2.05, 4.69) is 17.2 Å². The number of methoxy groups -OCH3 is 2. The van der Waals surface area contributed by atoms with Crippen LogP contribution >= 0.6 is 11.3 Å². The summed E-state index contributed by atoms with van der Waals surface area (Å²) in [7, 11) is 3.31. The first-order valence-corrected chi connectivity index (χ1v) is 8.58. The molecule has 5 nitrogen and oxygen atoms in total. The number of hydrogen-bond acceptors (Lipinski definition) is 6. The molecule has 1 unspecified atom stereocenters. The zero-order valence-corrected chi connectivity index (χ0v) is 14.6. The maximum atomic E-state index is 5.51. The molecule has 0 saturated carbocycles. The number of rotatable bonds is 5. The molecule has 0 radical (unpaired) electrons. The quantitative estimate of drug-likeness (QED) is 0.841. The lowest BCUT2D eigenvalue weighted by atomic mass is 10.2. The fraction of sp³-hybridized carbons (Fsp3) is 0.471. The average molecular weight is 334 g/mol. The van der Waals surface area contributed by atoms with Gasteiger partial charge in [-0.05, 0) is 19.1 Å². The van der Waals surface area contributed by atoms with Crippen molar-refractivity contribution in [3.8, 4) is 22.1 Å². The summed E-state index contributed by atoms with van der Waals surface area (Å²) in [6, 6.07) is 6.30. The van der Waals surface area contributed by atoms with Gasteiger partial charge < -0.3 is 14.2 Å². The first kappa shape index (κ1) is 16.2. The van der Waals surface area contributed by atoms with Crippen LogP contribution in [0.4, 0.5) is 0 Å². The summed E-state index contributed by atoms with van der Waals surface area (Å²) in [6.07, 6.45) is 0. The molecule has 124 valence electrons. The number of aromatic nitrogens is 1. The Balaban J connectivity index is 1.82. The summed E-state index contributed by atoms with van der Waals surface area (Å²) in [4.78, 5) is 7.20. The molecule has 0 spiro atoms. The van der Waals surface area contributed by atoms with Crippen molar-refractivity contribution in [1.82, 2.24) is 9.88 Å². The molecule has 3 rings (SSSR count). The normalized spacial score (nSPS) is 18.8. The molecule has 0 N–H and O–H groups in total. The minimum atomic E-state index is 0.431. The first-order chi connectivity index (χ1) is 11.2. The van der Waals surface area contributed by atoms with Gasteiger partial charge in [0.05, 0.1) is 38.7 Å². The molecular formula is C17H22N2O3S. The summed E-state index contributed by atoms with van der Waals surface area (Å²) in [5.74, 6) is 1.46. The number of hydrogen-bond donors (Lipinski definition) is 0. The van der Waals surface area contributed by atoms with Gasteiger partial charge in [-0.15, -0.1) is 11.3 Å². The Labute approximate surface area is 140 Å². The van der Waals surface area contributed by atoms with Crippen LogP contribution in [0.5, 0.6) is 11.5 Å². The average Bonchev–Trinajstić information content (AvgIpc) is 3.04. The van der Waals surface area contributed by atoms with Gasteiger partial charge in [0.15, 0.2) is 11.5 Å². The Kier molecular flexibility index (Phi) is 5.15. The lowest BCUT2D eigenvalue weighted by Gasteiger charge is -2.32. The molecule has 0 amide bonds. The van der Waals surface area contributed by atoms with E-state index in [0.29, 0.717) is 6.04 Å². The summed E-state index contributed by atoms with van der Waals surface area (Å²) in [6.45, 7) is 5.59. The van der Waals surface area contributed by atoms with E-state index in [1.54, 1.807) is 25.6 Å². The molecule has 0 aliphatic carbocycles. The zero-order chi connectivity index (χ0) is 16.2. The molecule has 1 aromatic carbocycles. The molecule has 1 aliphatic rings. The largest absolute Gasteiger partial charge is 0.493 e. The highest BCUT2D eigenvalue weighted by Gasteiger charge is 2.20. The molecule has 6 heteroatoms. The number of morpholine rings is 1. The van der Waals surface area contributed by atoms with Crippen molar-refractivity contribution >= 4 is 11.3 Å². The van der Waals surface area contributed by atoms with Crippen LogP contribution in [0.15, 0.2) is 23.6 Å². The third-order valence-electron chi connectivity index (χ3n) is 4.06. The number of para-hydroxylation sites is 1. The first-order valence-electron chi connectivity index (χ1n) is 7.70. The number of thiazole rings is 1. The second kappa shape index (κ2) is 7.29. The van der Waals surface area contributed by atoms with Crippen molar-refractivity contribution < 1.29 is 14.2 Å². The van der Waals surface area contributed by atoms with Crippen LogP contribution in [0.2, 0.25) is 0 Å². The van der Waals surface area contributed by atoms with Crippen molar-refractivity contribution in [1.29, 1.82) is 0 Å². The second-order valence-electron chi connectivity index (χ2n) is 5.58. The molecule has 2 aromatic rings. The minimum absolute atomic E-state index is 0.431. The highest BCUT2D eigenvalue weighted by molar-refractivity contribution is 7.13. The van der Waals surface area contributed by atoms with Crippen LogP contribution in [-0.4, -0.2) is 49.9 Å². The van der Waals surface area contributed by atoms with Crippen LogP contribution in [0.3, 0.4) is 0 Å². The Hall–Kier alpha value is -1.63. The Morgan fingerprint density at radius 1 is 1.35 bits per heavy atom. The van der Waals surface area contributed by atoms with Gasteiger partial charge in [-0.2, -0.15) is 0 Å². The summed E-state index contributed by atoms with van der Waals surface area (Å²) >= 11 is 1.64. The van der Waals surface area contributed by atoms with Crippen molar-refractivity contribution in [2.24, 2.45) is 0 Å². The molecule has 0 bridgehead atoms. The van der Waals surface area contributed by atoms with E-state index in [1.807, 2.05) is 18.2 Å². The van der Waals surface area contributed by atoms with Gasteiger partial charge in [-0.1, -0.05) is 6.07 Å². The highest BCUT2D eigenvalue weighted by atomic mass is 32.1. The van der Waals surface area contributed by atoms with Gasteiger partial charge in [0.2, 0.25) is 0 Å². The lowest BCUT2D eigenvalue weighted by molar-refractivity contribution is -0.00482. The maximum absolute atomic E-state index is 5.51. The van der Waals surface area contributed by atoms with E-state index in [4.69, 9.17) is 19.2 Å². The maximum Gasteiger partial charge on any atom is 0.170 e. The molecule has 2 heterocycles. The van der Waals surface area contributed by atoms with Crippen molar-refractivity contribution in [3.05, 3.63) is 29.3 Å². The van der Waals surface area contributed by atoms with Crippen LogP contribution < -0.4 is 9.47 Å². The van der Waals surface area contributed by atoms with Gasteiger partial charge in [-0.3, -0.25) is 4.90 Å². The predicted octanol–water partition coefficient (Wildman–Crippen LogP) is 3.05. The Bertz CT molecular complexity index is 659. The second-order valence-corrected chi connectivity index (χ2v) is 6.44. The van der Waals surface area contributed by atoms with Crippen molar-refractivity contribution in [3.63, 3.8) is 0 Å². The Morgan fingerprint density at radius 3 is 2.96 bits per heavy atom. The molecule has 1 atom stereocenters. The van der Waals surface area contributed by atoms with Crippen molar-refractivity contribution in [2.75, 3.05) is 34.0 Å². The predicted molar refractivity (Wildman–Crippen MR) is 91.3 cm³/mol. The zero-order valence-electron chi connectivity index (χ0n) is 13.7. The standard InChI is InChI=1S/C17H22N2O3S/c1-12-10-22-8-7-19(12)9-13-11-23-17(18-13)14-5-4-6-15(20-2)16(14)21-3/h4-6,11-12H,7-10H2,1-3H3. The van der Waals surface area contributed by atoms with Gasteiger partial charge in [-0.25, -0.2) is 4.98 Å². The molecule has 1 fully saturated rings. The highest BCUT2D eigenvalue weighted by Crippen LogP contribution is 2.39. The van der Waals surface area contributed by atoms with Crippen molar-refractivity contribution in [2.45, 2.75) is 19.5 Å². The number of benzene rings is 1. The fourth-order valence-electron chi connectivity index (χ4n) is 2.76. The molecule has 1 saturated heterocycles. The summed E-state index contributed by atoms with van der Waals surface area (Å²) in [5, 5.41) is 3.08. The van der Waals surface area contributed by atoms with E-state index in [0.717, 1.165) is 54.1 Å². The van der Waals surface area contributed by atoms with E-state index in [9.17, 15) is 0 Å². The third-order valence-corrected chi connectivity index (χ3v) is 4.98. The van der Waals surface area contributed by atoms with E-state index >= 15 is 0 Å². The SMILES string of the molecule is COc1cccc(-c2nc(CN3CCOCC3C)cs2)c1OC. The van der Waals surface area contributed by atoms with Gasteiger partial charge in [0.1, 0.15) is 5.01 Å². The Morgan fingerprint density at radius 2 is 2.22 bits per heavy atom. The van der Waals surface area contributed by atoms with Gasteiger partial charge >= 0.3 is 0 Å². The van der Waals surface area contributed by atoms with Gasteiger partial charge in [0.25, 0.3) is 0 Å². The molecule has 1 aliphatic heterocycles. The molecule has 1 aromatic heterocycles. The van der Waals surface area contributed by atoms with E-state index in [1.165, 1.54) is 0 Å². The van der Waals surface area contributed by atoms with Crippen LogP contribution in [-0.2, 0) is 11.3 Å². The lowest BCUT2D eigenvalue weighted by Crippen LogP contribution is -2.42. The summed E-state index contributed by atoms with van der Waals surface area (Å²) in [5.41, 5.74) is 2.06. The molecule has 23 heavy (non-hydrogen) atoms. The topological polar surface area (TPSA) is 43.8 Å². The fourth-order valence-corrected chi connectivity index (χ4v) is 3.60. The number of nitrogens with zero attached hydrogens (tertiary/aromatic N) is 2. The minimum Gasteiger partial charge on any atom is -0.493 e. The third kappa shape index (κ3) is 3.49. The summed E-state index contributed by atoms with van der Waals surface area (Å²) < 4.78 is 16.4. The van der Waals surface area contributed by atoms with Gasteiger partial charge in [0, 0.05) is 24.5 Å². The van der Waals surface area contributed by atoms with E-state index < -0.39 is 0 Å². The van der Waals surface area contributed by atoms with E-state index in [-0.39, 0.29) is 0 Å². The smallest absolute Gasteiger partial charge is 0.170 e. The van der Waals surface area contributed by atoms with Crippen LogP contribution in [0.1, 0.15) is 12.6 Å². The molecular weight excluding hydrogens is 312 g/mol. The van der Waals surface area contributed by atoms with Crippen LogP contribution in [0.25, 0.3) is 10.6 Å².